The van der Waals surface area contributed by atoms with Crippen LogP contribution in [0.2, 0.25) is 0 Å². The molecule has 80 valence electrons. The van der Waals surface area contributed by atoms with Crippen LogP contribution >= 0.6 is 0 Å². The van der Waals surface area contributed by atoms with E-state index in [9.17, 15) is 4.79 Å². The van der Waals surface area contributed by atoms with Gasteiger partial charge in [-0.05, 0) is 27.7 Å². The number of rotatable bonds is 5. The molecule has 0 fully saturated rings. The zero-order valence-electron chi connectivity index (χ0n) is 8.82. The molecule has 0 aromatic carbocycles. The molecule has 0 aliphatic rings. The highest BCUT2D eigenvalue weighted by Gasteiger charge is 1.94. The van der Waals surface area contributed by atoms with E-state index in [4.69, 9.17) is 14.6 Å². The Labute approximate surface area is 79.8 Å². The molecule has 0 heterocycles. The second kappa shape index (κ2) is 11.6. The Kier molecular flexibility index (Phi) is 13.4. The first-order valence-electron chi connectivity index (χ1n) is 4.44. The van der Waals surface area contributed by atoms with Crippen molar-refractivity contribution in [2.24, 2.45) is 0 Å². The number of carbonyl (C=O) groups is 1. The summed E-state index contributed by atoms with van der Waals surface area (Å²) in [6.45, 7) is 8.66. The van der Waals surface area contributed by atoms with Crippen molar-refractivity contribution in [2.75, 3.05) is 13.2 Å². The summed E-state index contributed by atoms with van der Waals surface area (Å²) in [6.07, 6.45) is -0.361. The molecular weight excluding hydrogens is 172 g/mol. The molecule has 13 heavy (non-hydrogen) atoms. The van der Waals surface area contributed by atoms with Crippen molar-refractivity contribution < 1.29 is 19.4 Å². The lowest BCUT2D eigenvalue weighted by atomic mass is 10.5. The predicted octanol–water partition coefficient (Wildman–Crippen LogP) is 0.972. The average molecular weight is 192 g/mol. The number of aliphatic hydroxyl groups is 1. The SMILES string of the molecule is CC(O)C=O.CCOC(C)OCC. The monoisotopic (exact) mass is 192 g/mol. The van der Waals surface area contributed by atoms with Crippen LogP contribution in [0.15, 0.2) is 0 Å². The summed E-state index contributed by atoms with van der Waals surface area (Å²) in [4.78, 5) is 9.25. The third kappa shape index (κ3) is 18.5. The normalized spacial score (nSPS) is 11.8. The fourth-order valence-corrected chi connectivity index (χ4v) is 0.518. The summed E-state index contributed by atoms with van der Waals surface area (Å²) < 4.78 is 10.1. The van der Waals surface area contributed by atoms with Crippen molar-refractivity contribution in [3.05, 3.63) is 0 Å². The van der Waals surface area contributed by atoms with Crippen LogP contribution in [-0.2, 0) is 14.3 Å². The van der Waals surface area contributed by atoms with Gasteiger partial charge in [0, 0.05) is 13.2 Å². The number of ether oxygens (including phenoxy) is 2. The highest BCUT2D eigenvalue weighted by atomic mass is 16.7. The van der Waals surface area contributed by atoms with Crippen molar-refractivity contribution in [3.63, 3.8) is 0 Å². The Morgan fingerprint density at radius 3 is 1.69 bits per heavy atom. The van der Waals surface area contributed by atoms with E-state index in [1.165, 1.54) is 6.92 Å². The van der Waals surface area contributed by atoms with Crippen molar-refractivity contribution in [2.45, 2.75) is 40.1 Å². The molecule has 0 bridgehead atoms. The molecule has 0 aromatic heterocycles. The molecule has 0 rings (SSSR count). The first-order chi connectivity index (χ1) is 6.08. The fraction of sp³-hybridized carbons (Fsp3) is 0.889. The Morgan fingerprint density at radius 1 is 1.23 bits per heavy atom. The van der Waals surface area contributed by atoms with Gasteiger partial charge < -0.3 is 19.4 Å². The number of carbonyl (C=O) groups excluding carboxylic acids is 1. The van der Waals surface area contributed by atoms with Gasteiger partial charge in [0.25, 0.3) is 0 Å². The van der Waals surface area contributed by atoms with E-state index < -0.39 is 6.10 Å². The number of aliphatic hydroxyl groups excluding tert-OH is 1. The van der Waals surface area contributed by atoms with E-state index in [0.29, 0.717) is 6.29 Å². The first kappa shape index (κ1) is 15.0. The third-order valence-electron chi connectivity index (χ3n) is 1.000. The van der Waals surface area contributed by atoms with Gasteiger partial charge in [0.15, 0.2) is 6.29 Å². The molecule has 0 radical (unpaired) electrons. The number of hydrogen-bond acceptors (Lipinski definition) is 4. The molecule has 1 unspecified atom stereocenters. The van der Waals surface area contributed by atoms with Gasteiger partial charge in [-0.25, -0.2) is 0 Å². The van der Waals surface area contributed by atoms with Gasteiger partial charge in [-0.2, -0.15) is 0 Å². The molecule has 0 aromatic rings. The van der Waals surface area contributed by atoms with Gasteiger partial charge in [-0.1, -0.05) is 0 Å². The molecule has 4 heteroatoms. The average Bonchev–Trinajstić information content (AvgIpc) is 2.06. The summed E-state index contributed by atoms with van der Waals surface area (Å²) in [5, 5.41) is 7.99. The first-order valence-corrected chi connectivity index (χ1v) is 4.44. The topological polar surface area (TPSA) is 55.8 Å². The lowest BCUT2D eigenvalue weighted by Crippen LogP contribution is -2.11. The minimum atomic E-state index is -0.796. The summed E-state index contributed by atoms with van der Waals surface area (Å²) >= 11 is 0. The van der Waals surface area contributed by atoms with Gasteiger partial charge in [-0.3, -0.25) is 0 Å². The van der Waals surface area contributed by atoms with Crippen LogP contribution < -0.4 is 0 Å². The summed E-state index contributed by atoms with van der Waals surface area (Å²) in [7, 11) is 0. The van der Waals surface area contributed by atoms with Crippen LogP contribution in [0.4, 0.5) is 0 Å². The van der Waals surface area contributed by atoms with E-state index in [1.54, 1.807) is 0 Å². The van der Waals surface area contributed by atoms with Crippen molar-refractivity contribution in [1.29, 1.82) is 0 Å². The van der Waals surface area contributed by atoms with Gasteiger partial charge >= 0.3 is 0 Å². The molecule has 0 amide bonds. The zero-order valence-corrected chi connectivity index (χ0v) is 8.82. The maximum atomic E-state index is 9.25. The van der Waals surface area contributed by atoms with Crippen molar-refractivity contribution in [1.82, 2.24) is 0 Å². The van der Waals surface area contributed by atoms with Gasteiger partial charge in [0.2, 0.25) is 0 Å². The van der Waals surface area contributed by atoms with Crippen LogP contribution in [0.25, 0.3) is 0 Å². The van der Waals surface area contributed by atoms with E-state index >= 15 is 0 Å². The molecule has 0 spiro atoms. The molecule has 1 N–H and O–H groups in total. The smallest absolute Gasteiger partial charge is 0.154 e. The van der Waals surface area contributed by atoms with Crippen molar-refractivity contribution in [3.8, 4) is 0 Å². The van der Waals surface area contributed by atoms with E-state index in [1.807, 2.05) is 20.8 Å². The van der Waals surface area contributed by atoms with Gasteiger partial charge in [-0.15, -0.1) is 0 Å². The van der Waals surface area contributed by atoms with Gasteiger partial charge in [0.1, 0.15) is 12.4 Å². The molecular formula is C9H20O4. The summed E-state index contributed by atoms with van der Waals surface area (Å²) in [5.74, 6) is 0. The standard InChI is InChI=1S/C6H14O2.C3H6O2/c1-4-7-6(3)8-5-2;1-3(5)2-4/h6H,4-5H2,1-3H3;2-3,5H,1H3. The largest absolute Gasteiger partial charge is 0.386 e. The second-order valence-electron chi connectivity index (χ2n) is 2.35. The maximum absolute atomic E-state index is 9.25. The van der Waals surface area contributed by atoms with E-state index in [2.05, 4.69) is 0 Å². The highest BCUT2D eigenvalue weighted by molar-refractivity contribution is 5.54. The van der Waals surface area contributed by atoms with Crippen LogP contribution in [-0.4, -0.2) is 37.0 Å². The van der Waals surface area contributed by atoms with Crippen molar-refractivity contribution >= 4 is 6.29 Å². The lowest BCUT2D eigenvalue weighted by molar-refractivity contribution is -0.123. The Balaban J connectivity index is 0. The molecule has 0 aliphatic heterocycles. The zero-order chi connectivity index (χ0) is 10.7. The summed E-state index contributed by atoms with van der Waals surface area (Å²) in [5.41, 5.74) is 0. The van der Waals surface area contributed by atoms with E-state index in [0.717, 1.165) is 13.2 Å². The quantitative estimate of drug-likeness (QED) is 0.521. The number of aldehydes is 1. The highest BCUT2D eigenvalue weighted by Crippen LogP contribution is 1.90. The van der Waals surface area contributed by atoms with Crippen LogP contribution in [0.5, 0.6) is 0 Å². The molecule has 4 nitrogen and oxygen atoms in total. The van der Waals surface area contributed by atoms with Gasteiger partial charge in [0.05, 0.1) is 0 Å². The minimum Gasteiger partial charge on any atom is -0.386 e. The Hall–Kier alpha value is -0.450. The summed E-state index contributed by atoms with van der Waals surface area (Å²) in [6, 6.07) is 0. The predicted molar refractivity (Wildman–Crippen MR) is 50.5 cm³/mol. The third-order valence-corrected chi connectivity index (χ3v) is 1.000. The van der Waals surface area contributed by atoms with Crippen LogP contribution in [0.3, 0.4) is 0 Å². The molecule has 1 atom stereocenters. The lowest BCUT2D eigenvalue weighted by Gasteiger charge is -2.09. The fourth-order valence-electron chi connectivity index (χ4n) is 0.518. The minimum absolute atomic E-state index is 0.0370. The molecule has 0 saturated carbocycles. The van der Waals surface area contributed by atoms with Crippen LogP contribution in [0, 0.1) is 0 Å². The second-order valence-corrected chi connectivity index (χ2v) is 2.35. The van der Waals surface area contributed by atoms with Crippen LogP contribution in [0.1, 0.15) is 27.7 Å². The Bertz CT molecular complexity index is 97.8. The number of hydrogen-bond donors (Lipinski definition) is 1. The Morgan fingerprint density at radius 2 is 1.54 bits per heavy atom. The molecule has 0 aliphatic carbocycles. The van der Waals surface area contributed by atoms with E-state index in [-0.39, 0.29) is 6.29 Å². The molecule has 0 saturated heterocycles. The maximum Gasteiger partial charge on any atom is 0.154 e.